The molecule has 2 rings (SSSR count). The standard InChI is InChI=1S/C12H11IN2O/c1-16-8-4-2-7-3-5-9(12(14)15)11(13)10(7)6-8/h2-6H,1H3,(H3,14,15). The molecular weight excluding hydrogens is 315 g/mol. The molecule has 0 radical (unpaired) electrons. The normalized spacial score (nSPS) is 10.4. The number of nitrogens with one attached hydrogen (secondary N) is 1. The van der Waals surface area contributed by atoms with E-state index in [4.69, 9.17) is 15.9 Å². The van der Waals surface area contributed by atoms with Gasteiger partial charge in [0.05, 0.1) is 7.11 Å². The van der Waals surface area contributed by atoms with Crippen LogP contribution in [0.25, 0.3) is 10.8 Å². The molecule has 0 aliphatic rings. The van der Waals surface area contributed by atoms with Crippen molar-refractivity contribution in [1.29, 1.82) is 5.41 Å². The van der Waals surface area contributed by atoms with Crippen LogP contribution in [-0.2, 0) is 0 Å². The molecule has 0 bridgehead atoms. The SMILES string of the molecule is COc1ccc2ccc(C(=N)N)c(I)c2c1. The third kappa shape index (κ3) is 1.84. The van der Waals surface area contributed by atoms with E-state index in [0.29, 0.717) is 0 Å². The van der Waals surface area contributed by atoms with E-state index in [1.165, 1.54) is 0 Å². The van der Waals surface area contributed by atoms with Gasteiger partial charge in [0.15, 0.2) is 0 Å². The number of hydrogen-bond acceptors (Lipinski definition) is 2. The molecule has 0 heterocycles. The van der Waals surface area contributed by atoms with E-state index in [0.717, 1.165) is 25.7 Å². The van der Waals surface area contributed by atoms with Crippen LogP contribution < -0.4 is 10.5 Å². The van der Waals surface area contributed by atoms with Gasteiger partial charge in [-0.25, -0.2) is 0 Å². The Kier molecular flexibility index (Phi) is 3.00. The van der Waals surface area contributed by atoms with Crippen molar-refractivity contribution in [3.63, 3.8) is 0 Å². The lowest BCUT2D eigenvalue weighted by Gasteiger charge is -2.08. The Morgan fingerprint density at radius 3 is 2.62 bits per heavy atom. The fourth-order valence-corrected chi connectivity index (χ4v) is 2.53. The maximum Gasteiger partial charge on any atom is 0.123 e. The van der Waals surface area contributed by atoms with Crippen LogP contribution in [0.2, 0.25) is 0 Å². The number of hydrogen-bond donors (Lipinski definition) is 2. The minimum absolute atomic E-state index is 0.0918. The number of halogens is 1. The molecule has 0 fully saturated rings. The summed E-state index contributed by atoms with van der Waals surface area (Å²) in [6.45, 7) is 0. The lowest BCUT2D eigenvalue weighted by atomic mass is 10.1. The summed E-state index contributed by atoms with van der Waals surface area (Å²) in [5.41, 5.74) is 6.29. The van der Waals surface area contributed by atoms with Gasteiger partial charge in [0.25, 0.3) is 0 Å². The molecule has 0 aromatic heterocycles. The zero-order valence-corrected chi connectivity index (χ0v) is 10.9. The molecule has 82 valence electrons. The van der Waals surface area contributed by atoms with Crippen molar-refractivity contribution < 1.29 is 4.74 Å². The highest BCUT2D eigenvalue weighted by atomic mass is 127. The molecule has 3 nitrogen and oxygen atoms in total. The molecule has 0 amide bonds. The highest BCUT2D eigenvalue weighted by molar-refractivity contribution is 14.1. The van der Waals surface area contributed by atoms with Gasteiger partial charge < -0.3 is 10.5 Å². The fraction of sp³-hybridized carbons (Fsp3) is 0.0833. The molecule has 3 N–H and O–H groups in total. The topological polar surface area (TPSA) is 59.1 Å². The molecule has 4 heteroatoms. The number of ether oxygens (including phenoxy) is 1. The van der Waals surface area contributed by atoms with Gasteiger partial charge in [0, 0.05) is 9.13 Å². The van der Waals surface area contributed by atoms with Crippen molar-refractivity contribution in [1.82, 2.24) is 0 Å². The predicted molar refractivity (Wildman–Crippen MR) is 74.2 cm³/mol. The molecule has 0 spiro atoms. The van der Waals surface area contributed by atoms with Crippen molar-refractivity contribution in [2.24, 2.45) is 5.73 Å². The lowest BCUT2D eigenvalue weighted by Crippen LogP contribution is -2.12. The van der Waals surface area contributed by atoms with Gasteiger partial charge in [-0.15, -0.1) is 0 Å². The van der Waals surface area contributed by atoms with E-state index in [2.05, 4.69) is 22.6 Å². The monoisotopic (exact) mass is 326 g/mol. The van der Waals surface area contributed by atoms with Gasteiger partial charge >= 0.3 is 0 Å². The van der Waals surface area contributed by atoms with Crippen molar-refractivity contribution >= 4 is 39.2 Å². The lowest BCUT2D eigenvalue weighted by molar-refractivity contribution is 0.415. The van der Waals surface area contributed by atoms with Crippen LogP contribution in [0.1, 0.15) is 5.56 Å². The first-order chi connectivity index (χ1) is 7.63. The fourth-order valence-electron chi connectivity index (χ4n) is 1.60. The van der Waals surface area contributed by atoms with Crippen LogP contribution in [0.3, 0.4) is 0 Å². The third-order valence-electron chi connectivity index (χ3n) is 2.45. The molecule has 2 aromatic carbocycles. The second-order valence-corrected chi connectivity index (χ2v) is 4.51. The van der Waals surface area contributed by atoms with E-state index in [-0.39, 0.29) is 5.84 Å². The number of amidine groups is 1. The average Bonchev–Trinajstić information content (AvgIpc) is 2.28. The number of methoxy groups -OCH3 is 1. The smallest absolute Gasteiger partial charge is 0.123 e. The summed E-state index contributed by atoms with van der Waals surface area (Å²) in [5.74, 6) is 0.903. The van der Waals surface area contributed by atoms with Gasteiger partial charge in [-0.1, -0.05) is 12.1 Å². The molecule has 0 atom stereocenters. The number of nitrogens with two attached hydrogens (primary N) is 1. The summed E-state index contributed by atoms with van der Waals surface area (Å²) in [6.07, 6.45) is 0. The second-order valence-electron chi connectivity index (χ2n) is 3.43. The average molecular weight is 326 g/mol. The molecule has 0 saturated carbocycles. The van der Waals surface area contributed by atoms with Gasteiger partial charge in [-0.3, -0.25) is 5.41 Å². The van der Waals surface area contributed by atoms with Crippen LogP contribution in [0.4, 0.5) is 0 Å². The summed E-state index contributed by atoms with van der Waals surface area (Å²) >= 11 is 2.21. The third-order valence-corrected chi connectivity index (χ3v) is 3.62. The van der Waals surface area contributed by atoms with Crippen LogP contribution in [0.15, 0.2) is 30.3 Å². The Bertz CT molecular complexity index is 566. The quantitative estimate of drug-likeness (QED) is 0.506. The first-order valence-electron chi connectivity index (χ1n) is 4.74. The maximum atomic E-state index is 7.49. The predicted octanol–water partition coefficient (Wildman–Crippen LogP) is 2.74. The highest BCUT2D eigenvalue weighted by Crippen LogP contribution is 2.27. The Morgan fingerprint density at radius 1 is 1.31 bits per heavy atom. The van der Waals surface area contributed by atoms with E-state index in [9.17, 15) is 0 Å². The number of fused-ring (bicyclic) bond motifs is 1. The summed E-state index contributed by atoms with van der Waals surface area (Å²) < 4.78 is 6.18. The summed E-state index contributed by atoms with van der Waals surface area (Å²) in [4.78, 5) is 0. The van der Waals surface area contributed by atoms with Crippen molar-refractivity contribution in [3.8, 4) is 5.75 Å². The summed E-state index contributed by atoms with van der Waals surface area (Å²) in [7, 11) is 1.64. The zero-order chi connectivity index (χ0) is 11.7. The largest absolute Gasteiger partial charge is 0.497 e. The second kappa shape index (κ2) is 4.29. The maximum absolute atomic E-state index is 7.49. The van der Waals surface area contributed by atoms with E-state index < -0.39 is 0 Å². The first-order valence-corrected chi connectivity index (χ1v) is 5.82. The van der Waals surface area contributed by atoms with E-state index in [1.807, 2.05) is 30.3 Å². The molecule has 16 heavy (non-hydrogen) atoms. The molecule has 0 unspecified atom stereocenters. The minimum Gasteiger partial charge on any atom is -0.497 e. The molecular formula is C12H11IN2O. The molecule has 2 aromatic rings. The van der Waals surface area contributed by atoms with Gasteiger partial charge in [0.1, 0.15) is 11.6 Å². The van der Waals surface area contributed by atoms with Crippen LogP contribution >= 0.6 is 22.6 Å². The van der Waals surface area contributed by atoms with Gasteiger partial charge in [0.2, 0.25) is 0 Å². The molecule has 0 saturated heterocycles. The van der Waals surface area contributed by atoms with Crippen molar-refractivity contribution in [3.05, 3.63) is 39.5 Å². The summed E-state index contributed by atoms with van der Waals surface area (Å²) in [6, 6.07) is 9.72. The van der Waals surface area contributed by atoms with Crippen LogP contribution in [0.5, 0.6) is 5.75 Å². The Hall–Kier alpha value is -1.30. The van der Waals surface area contributed by atoms with Gasteiger partial charge in [-0.2, -0.15) is 0 Å². The van der Waals surface area contributed by atoms with E-state index in [1.54, 1.807) is 7.11 Å². The van der Waals surface area contributed by atoms with E-state index >= 15 is 0 Å². The minimum atomic E-state index is 0.0918. The van der Waals surface area contributed by atoms with Crippen molar-refractivity contribution in [2.45, 2.75) is 0 Å². The first kappa shape index (κ1) is 11.2. The zero-order valence-electron chi connectivity index (χ0n) is 8.75. The van der Waals surface area contributed by atoms with Crippen molar-refractivity contribution in [2.75, 3.05) is 7.11 Å². The highest BCUT2D eigenvalue weighted by Gasteiger charge is 2.07. The molecule has 0 aliphatic heterocycles. The Balaban J connectivity index is 2.75. The van der Waals surface area contributed by atoms with Gasteiger partial charge in [-0.05, 0) is 51.6 Å². The number of benzene rings is 2. The van der Waals surface area contributed by atoms with Crippen LogP contribution in [-0.4, -0.2) is 12.9 Å². The number of nitrogen functional groups attached to an aromatic ring is 1. The summed E-state index contributed by atoms with van der Waals surface area (Å²) in [5, 5.41) is 9.67. The Morgan fingerprint density at radius 2 is 2.00 bits per heavy atom. The number of rotatable bonds is 2. The van der Waals surface area contributed by atoms with Crippen LogP contribution in [0, 0.1) is 8.98 Å². The molecule has 0 aliphatic carbocycles. The Labute approximate surface area is 107 Å².